The van der Waals surface area contributed by atoms with Gasteiger partial charge in [-0.3, -0.25) is 4.79 Å². The third kappa shape index (κ3) is 3.29. The van der Waals surface area contributed by atoms with Crippen molar-refractivity contribution in [1.82, 2.24) is 29.9 Å². The number of amides is 1. The summed E-state index contributed by atoms with van der Waals surface area (Å²) in [4.78, 5) is 25.9. The second kappa shape index (κ2) is 7.81. The van der Waals surface area contributed by atoms with Crippen molar-refractivity contribution >= 4 is 28.7 Å². The molecule has 1 amide bonds. The standard InChI is InChI=1S/C22H21FN6OS/c1-13-8-9-15(29-24-10-11-25-29)18(19(13)23)22(30)28-12-4-6-16(28)21-26-14-5-3-7-17(31-2)20(14)27-21/h3,5,7-11,16H,4,6,12H2,1-2H3,(H,26,27). The van der Waals surface area contributed by atoms with Gasteiger partial charge in [-0.2, -0.15) is 15.0 Å². The number of rotatable bonds is 4. The van der Waals surface area contributed by atoms with Crippen molar-refractivity contribution in [3.63, 3.8) is 0 Å². The highest BCUT2D eigenvalue weighted by atomic mass is 32.2. The molecule has 1 unspecified atom stereocenters. The molecule has 1 atom stereocenters. The van der Waals surface area contributed by atoms with Gasteiger partial charge in [-0.05, 0) is 49.8 Å². The average molecular weight is 437 g/mol. The lowest BCUT2D eigenvalue weighted by atomic mass is 10.1. The van der Waals surface area contributed by atoms with E-state index in [0.717, 1.165) is 34.6 Å². The average Bonchev–Trinajstić information content (AvgIpc) is 3.54. The van der Waals surface area contributed by atoms with E-state index < -0.39 is 5.82 Å². The molecule has 158 valence electrons. The number of para-hydroxylation sites is 1. The second-order valence-corrected chi connectivity index (χ2v) is 8.39. The molecule has 1 aliphatic heterocycles. The third-order valence-electron chi connectivity index (χ3n) is 5.70. The van der Waals surface area contributed by atoms with Crippen LogP contribution in [-0.2, 0) is 0 Å². The van der Waals surface area contributed by atoms with Gasteiger partial charge in [-0.15, -0.1) is 11.8 Å². The van der Waals surface area contributed by atoms with Crippen LogP contribution in [0.3, 0.4) is 0 Å². The topological polar surface area (TPSA) is 79.7 Å². The zero-order valence-electron chi connectivity index (χ0n) is 17.2. The number of aromatic nitrogens is 5. The van der Waals surface area contributed by atoms with Crippen molar-refractivity contribution < 1.29 is 9.18 Å². The van der Waals surface area contributed by atoms with E-state index in [1.54, 1.807) is 35.7 Å². The number of aryl methyl sites for hydroxylation is 1. The number of carbonyl (C=O) groups is 1. The monoisotopic (exact) mass is 436 g/mol. The maximum absolute atomic E-state index is 15.2. The zero-order valence-corrected chi connectivity index (χ0v) is 18.0. The van der Waals surface area contributed by atoms with E-state index in [9.17, 15) is 4.79 Å². The first-order chi connectivity index (χ1) is 15.1. The summed E-state index contributed by atoms with van der Waals surface area (Å²) in [5.41, 5.74) is 2.56. The summed E-state index contributed by atoms with van der Waals surface area (Å²) in [5.74, 6) is -0.185. The molecule has 1 aliphatic rings. The van der Waals surface area contributed by atoms with Crippen LogP contribution in [-0.4, -0.2) is 48.6 Å². The predicted molar refractivity (Wildman–Crippen MR) is 117 cm³/mol. The Morgan fingerprint density at radius 3 is 2.81 bits per heavy atom. The van der Waals surface area contributed by atoms with E-state index in [0.29, 0.717) is 17.8 Å². The Bertz CT molecular complexity index is 1270. The van der Waals surface area contributed by atoms with Gasteiger partial charge >= 0.3 is 0 Å². The van der Waals surface area contributed by atoms with E-state index in [-0.39, 0.29) is 17.5 Å². The first-order valence-electron chi connectivity index (χ1n) is 10.1. The number of fused-ring (bicyclic) bond motifs is 1. The molecule has 0 bridgehead atoms. The maximum Gasteiger partial charge on any atom is 0.259 e. The number of hydrogen-bond donors (Lipinski definition) is 1. The van der Waals surface area contributed by atoms with Gasteiger partial charge in [0.05, 0.1) is 24.0 Å². The molecule has 0 saturated carbocycles. The molecule has 9 heteroatoms. The van der Waals surface area contributed by atoms with Crippen molar-refractivity contribution in [3.8, 4) is 5.69 Å². The molecular formula is C22H21FN6OS. The van der Waals surface area contributed by atoms with Crippen molar-refractivity contribution in [2.24, 2.45) is 0 Å². The Morgan fingerprint density at radius 1 is 1.23 bits per heavy atom. The van der Waals surface area contributed by atoms with E-state index >= 15 is 4.39 Å². The fraction of sp³-hybridized carbons (Fsp3) is 0.273. The van der Waals surface area contributed by atoms with E-state index in [1.165, 1.54) is 17.2 Å². The minimum atomic E-state index is -0.542. The second-order valence-electron chi connectivity index (χ2n) is 7.54. The summed E-state index contributed by atoms with van der Waals surface area (Å²) in [6.07, 6.45) is 6.61. The lowest BCUT2D eigenvalue weighted by molar-refractivity contribution is 0.0725. The first-order valence-corrected chi connectivity index (χ1v) is 11.3. The number of aromatic amines is 1. The Morgan fingerprint density at radius 2 is 2.03 bits per heavy atom. The fourth-order valence-electron chi connectivity index (χ4n) is 4.17. The molecular weight excluding hydrogens is 415 g/mol. The molecule has 1 N–H and O–H groups in total. The van der Waals surface area contributed by atoms with Crippen molar-refractivity contribution in [2.75, 3.05) is 12.8 Å². The van der Waals surface area contributed by atoms with E-state index in [4.69, 9.17) is 4.98 Å². The number of imidazole rings is 1. The number of likely N-dealkylation sites (tertiary alicyclic amines) is 1. The van der Waals surface area contributed by atoms with Crippen molar-refractivity contribution in [3.05, 3.63) is 65.5 Å². The fourth-order valence-corrected chi connectivity index (χ4v) is 4.73. The predicted octanol–water partition coefficient (Wildman–Crippen LogP) is 4.29. The van der Waals surface area contributed by atoms with Crippen LogP contribution in [0.25, 0.3) is 16.7 Å². The van der Waals surface area contributed by atoms with E-state index in [1.807, 2.05) is 24.5 Å². The van der Waals surface area contributed by atoms with Crippen LogP contribution in [0.5, 0.6) is 0 Å². The highest BCUT2D eigenvalue weighted by molar-refractivity contribution is 7.98. The number of thioether (sulfide) groups is 1. The van der Waals surface area contributed by atoms with Crippen LogP contribution >= 0.6 is 11.8 Å². The number of benzene rings is 2. The smallest absolute Gasteiger partial charge is 0.259 e. The Hall–Kier alpha value is -3.20. The first kappa shape index (κ1) is 19.7. The minimum Gasteiger partial charge on any atom is -0.340 e. The molecule has 4 aromatic rings. The van der Waals surface area contributed by atoms with Gasteiger partial charge in [0.25, 0.3) is 5.91 Å². The molecule has 3 heterocycles. The van der Waals surface area contributed by atoms with Crippen molar-refractivity contribution in [2.45, 2.75) is 30.7 Å². The number of H-pyrrole nitrogens is 1. The quantitative estimate of drug-likeness (QED) is 0.483. The molecule has 1 saturated heterocycles. The third-order valence-corrected chi connectivity index (χ3v) is 6.47. The van der Waals surface area contributed by atoms with Gasteiger partial charge in [0, 0.05) is 11.4 Å². The minimum absolute atomic E-state index is 0.0102. The maximum atomic E-state index is 15.2. The van der Waals surface area contributed by atoms with Crippen molar-refractivity contribution in [1.29, 1.82) is 0 Å². The number of carbonyl (C=O) groups excluding carboxylic acids is 1. The summed E-state index contributed by atoms with van der Waals surface area (Å²) in [6.45, 7) is 2.19. The molecule has 2 aromatic carbocycles. The largest absolute Gasteiger partial charge is 0.340 e. The summed E-state index contributed by atoms with van der Waals surface area (Å²) in [7, 11) is 0. The molecule has 7 nitrogen and oxygen atoms in total. The molecule has 1 fully saturated rings. The van der Waals surface area contributed by atoms with Gasteiger partial charge in [0.2, 0.25) is 0 Å². The van der Waals surface area contributed by atoms with Crippen LogP contribution in [0.1, 0.15) is 40.6 Å². The summed E-state index contributed by atoms with van der Waals surface area (Å²) in [6, 6.07) is 9.07. The van der Waals surface area contributed by atoms with Gasteiger partial charge in [-0.1, -0.05) is 12.1 Å². The van der Waals surface area contributed by atoms with E-state index in [2.05, 4.69) is 15.2 Å². The Labute approximate surface area is 182 Å². The molecule has 2 aromatic heterocycles. The molecule has 5 rings (SSSR count). The van der Waals surface area contributed by atoms with Crippen LogP contribution < -0.4 is 0 Å². The normalized spacial score (nSPS) is 16.4. The lowest BCUT2D eigenvalue weighted by Gasteiger charge is -2.24. The number of halogens is 1. The SMILES string of the molecule is CSc1cccc2[nH]c(C3CCCN3C(=O)c3c(-n4nccn4)ccc(C)c3F)nc12. The summed E-state index contributed by atoms with van der Waals surface area (Å²) in [5, 5.41) is 8.20. The molecule has 31 heavy (non-hydrogen) atoms. The van der Waals surface area contributed by atoms with Crippen LogP contribution in [0.15, 0.2) is 47.6 Å². The summed E-state index contributed by atoms with van der Waals surface area (Å²) < 4.78 is 15.2. The highest BCUT2D eigenvalue weighted by Gasteiger charge is 2.35. The van der Waals surface area contributed by atoms with Crippen LogP contribution in [0.2, 0.25) is 0 Å². The Kier molecular flexibility index (Phi) is 4.97. The molecule has 0 radical (unpaired) electrons. The molecule has 0 aliphatic carbocycles. The highest BCUT2D eigenvalue weighted by Crippen LogP contribution is 2.35. The van der Waals surface area contributed by atoms with Gasteiger partial charge in [0.1, 0.15) is 28.4 Å². The van der Waals surface area contributed by atoms with Gasteiger partial charge < -0.3 is 9.88 Å². The van der Waals surface area contributed by atoms with Crippen LogP contribution in [0, 0.1) is 12.7 Å². The number of nitrogens with one attached hydrogen (secondary N) is 1. The van der Waals surface area contributed by atoms with Gasteiger partial charge in [0.15, 0.2) is 0 Å². The van der Waals surface area contributed by atoms with Gasteiger partial charge in [-0.25, -0.2) is 9.37 Å². The zero-order chi connectivity index (χ0) is 21.5. The number of hydrogen-bond acceptors (Lipinski definition) is 5. The van der Waals surface area contributed by atoms with Crippen LogP contribution in [0.4, 0.5) is 4.39 Å². The summed E-state index contributed by atoms with van der Waals surface area (Å²) >= 11 is 1.63. The number of nitrogens with zero attached hydrogens (tertiary/aromatic N) is 5. The Balaban J connectivity index is 1.57. The lowest BCUT2D eigenvalue weighted by Crippen LogP contribution is -2.33. The molecule has 0 spiro atoms.